The second-order valence-electron chi connectivity index (χ2n) is 6.29. The van der Waals surface area contributed by atoms with Crippen molar-refractivity contribution in [3.8, 4) is 5.75 Å². The minimum atomic E-state index is 0. The van der Waals surface area contributed by atoms with Crippen LogP contribution < -0.4 is 10.1 Å². The molecule has 1 N–H and O–H groups in total. The van der Waals surface area contributed by atoms with Gasteiger partial charge in [-0.05, 0) is 54.9 Å². The highest BCUT2D eigenvalue weighted by molar-refractivity contribution is 6.35. The van der Waals surface area contributed by atoms with Gasteiger partial charge >= 0.3 is 0 Å². The molecule has 0 amide bonds. The van der Waals surface area contributed by atoms with Gasteiger partial charge in [-0.15, -0.1) is 12.4 Å². The van der Waals surface area contributed by atoms with E-state index >= 15 is 0 Å². The summed E-state index contributed by atoms with van der Waals surface area (Å²) in [6.45, 7) is 1.79. The van der Waals surface area contributed by atoms with E-state index in [4.69, 9.17) is 51.1 Å². The molecule has 29 heavy (non-hydrogen) atoms. The van der Waals surface area contributed by atoms with Gasteiger partial charge in [-0.25, -0.2) is 0 Å². The number of benzene rings is 3. The van der Waals surface area contributed by atoms with Crippen molar-refractivity contribution in [3.05, 3.63) is 97.4 Å². The third-order valence-corrected chi connectivity index (χ3v) is 5.46. The largest absolute Gasteiger partial charge is 0.489 e. The Morgan fingerprint density at radius 2 is 1.45 bits per heavy atom. The summed E-state index contributed by atoms with van der Waals surface area (Å²) in [5, 5.41) is 6.09. The van der Waals surface area contributed by atoms with Crippen molar-refractivity contribution < 1.29 is 4.74 Å². The van der Waals surface area contributed by atoms with Crippen molar-refractivity contribution in [2.24, 2.45) is 0 Å². The lowest BCUT2D eigenvalue weighted by molar-refractivity contribution is 0.302. The third-order valence-electron chi connectivity index (χ3n) is 4.27. The maximum Gasteiger partial charge on any atom is 0.124 e. The molecule has 0 radical (unpaired) electrons. The minimum absolute atomic E-state index is 0. The quantitative estimate of drug-likeness (QED) is 0.327. The van der Waals surface area contributed by atoms with Gasteiger partial charge in [-0.2, -0.15) is 0 Å². The number of halogens is 5. The van der Waals surface area contributed by atoms with E-state index in [2.05, 4.69) is 5.32 Å². The molecule has 0 saturated carbocycles. The Morgan fingerprint density at radius 3 is 2.21 bits per heavy atom. The van der Waals surface area contributed by atoms with Crippen molar-refractivity contribution in [1.82, 2.24) is 5.32 Å². The average Bonchev–Trinajstić information content (AvgIpc) is 2.67. The highest BCUT2D eigenvalue weighted by Gasteiger charge is 2.07. The van der Waals surface area contributed by atoms with Gasteiger partial charge in [-0.1, -0.05) is 70.7 Å². The fraction of sp³-hybridized carbons (Fsp3) is 0.182. The first kappa shape index (κ1) is 24.1. The highest BCUT2D eigenvalue weighted by atomic mass is 35.5. The molecule has 0 fully saturated rings. The first-order chi connectivity index (χ1) is 13.5. The molecule has 0 unspecified atom stereocenters. The Hall–Kier alpha value is -1.13. The van der Waals surface area contributed by atoms with E-state index in [-0.39, 0.29) is 12.4 Å². The Kier molecular flexibility index (Phi) is 9.91. The molecule has 0 saturated heterocycles. The smallest absolute Gasteiger partial charge is 0.124 e. The second-order valence-corrected chi connectivity index (χ2v) is 7.98. The summed E-state index contributed by atoms with van der Waals surface area (Å²) >= 11 is 24.5. The lowest BCUT2D eigenvalue weighted by Gasteiger charge is -2.14. The number of ether oxygens (including phenoxy) is 1. The van der Waals surface area contributed by atoms with Crippen LogP contribution in [0.5, 0.6) is 5.75 Å². The van der Waals surface area contributed by atoms with Crippen molar-refractivity contribution in [3.63, 3.8) is 0 Å². The topological polar surface area (TPSA) is 21.3 Å². The molecule has 2 nitrogen and oxygen atoms in total. The maximum absolute atomic E-state index is 6.22. The molecule has 0 atom stereocenters. The van der Waals surface area contributed by atoms with Gasteiger partial charge in [0.1, 0.15) is 12.4 Å². The third kappa shape index (κ3) is 7.25. The summed E-state index contributed by atoms with van der Waals surface area (Å²) < 4.78 is 5.99. The van der Waals surface area contributed by atoms with Gasteiger partial charge in [0.05, 0.1) is 0 Å². The first-order valence-electron chi connectivity index (χ1n) is 8.82. The number of rotatable bonds is 8. The number of hydrogen-bond acceptors (Lipinski definition) is 2. The first-order valence-corrected chi connectivity index (χ1v) is 10.3. The molecular weight excluding hydrogens is 472 g/mol. The van der Waals surface area contributed by atoms with Crippen LogP contribution >= 0.6 is 58.8 Å². The van der Waals surface area contributed by atoms with Crippen LogP contribution in [0.1, 0.15) is 16.7 Å². The number of hydrogen-bond donors (Lipinski definition) is 1. The van der Waals surface area contributed by atoms with Gasteiger partial charge in [0.15, 0.2) is 0 Å². The van der Waals surface area contributed by atoms with Crippen LogP contribution in [0.3, 0.4) is 0 Å². The van der Waals surface area contributed by atoms with Gasteiger partial charge in [0, 0.05) is 37.8 Å². The molecular formula is C22H20Cl5NO. The van der Waals surface area contributed by atoms with Crippen LogP contribution in [0.25, 0.3) is 0 Å². The summed E-state index contributed by atoms with van der Waals surface area (Å²) in [7, 11) is 0. The van der Waals surface area contributed by atoms with Crippen molar-refractivity contribution in [2.45, 2.75) is 19.6 Å². The van der Waals surface area contributed by atoms with Crippen LogP contribution in [0, 0.1) is 0 Å². The molecule has 0 heterocycles. The molecule has 0 aliphatic heterocycles. The SMILES string of the molecule is Cl.Clc1ccc(CCNCc2cc(Cl)ccc2OCc2ccccc2Cl)c(Cl)c1. The van der Waals surface area contributed by atoms with E-state index < -0.39 is 0 Å². The fourth-order valence-corrected chi connectivity index (χ4v) is 3.66. The Bertz CT molecular complexity index is 948. The molecule has 7 heteroatoms. The molecule has 0 aliphatic rings. The van der Waals surface area contributed by atoms with E-state index in [1.807, 2.05) is 54.6 Å². The predicted molar refractivity (Wildman–Crippen MR) is 126 cm³/mol. The van der Waals surface area contributed by atoms with Gasteiger partial charge in [0.25, 0.3) is 0 Å². The minimum Gasteiger partial charge on any atom is -0.489 e. The molecule has 0 aromatic heterocycles. The summed E-state index contributed by atoms with van der Waals surface area (Å²) in [4.78, 5) is 0. The molecule has 3 rings (SSSR count). The molecule has 0 aliphatic carbocycles. The molecule has 3 aromatic carbocycles. The van der Waals surface area contributed by atoms with E-state index in [1.165, 1.54) is 0 Å². The lowest BCUT2D eigenvalue weighted by Crippen LogP contribution is -2.17. The zero-order chi connectivity index (χ0) is 19.9. The van der Waals surface area contributed by atoms with Gasteiger partial charge in [-0.3, -0.25) is 0 Å². The molecule has 3 aromatic rings. The molecule has 0 bridgehead atoms. The summed E-state index contributed by atoms with van der Waals surface area (Å²) in [5.41, 5.74) is 2.98. The van der Waals surface area contributed by atoms with Crippen molar-refractivity contribution >= 4 is 58.8 Å². The maximum atomic E-state index is 6.22. The second kappa shape index (κ2) is 11.9. The van der Waals surface area contributed by atoms with E-state index in [0.29, 0.717) is 33.2 Å². The normalized spacial score (nSPS) is 10.5. The fourth-order valence-electron chi connectivity index (χ4n) is 2.77. The Labute approximate surface area is 197 Å². The standard InChI is InChI=1S/C22H19Cl4NO.ClH/c23-18-7-8-22(28-14-16-3-1-2-4-20(16)25)17(11-18)13-27-10-9-15-5-6-19(24)12-21(15)26;/h1-8,11-12,27H,9-10,13-14H2;1H. The Balaban J connectivity index is 0.00000300. The van der Waals surface area contributed by atoms with Crippen molar-refractivity contribution in [1.29, 1.82) is 0 Å². The van der Waals surface area contributed by atoms with Gasteiger partial charge < -0.3 is 10.1 Å². The van der Waals surface area contributed by atoms with E-state index in [0.717, 1.165) is 35.4 Å². The van der Waals surface area contributed by atoms with Crippen LogP contribution in [-0.2, 0) is 19.6 Å². The summed E-state index contributed by atoms with van der Waals surface area (Å²) in [6, 6.07) is 18.8. The predicted octanol–water partition coefficient (Wildman–Crippen LogP) is 7.63. The molecule has 154 valence electrons. The number of nitrogens with one attached hydrogen (secondary N) is 1. The monoisotopic (exact) mass is 489 g/mol. The average molecular weight is 492 g/mol. The van der Waals surface area contributed by atoms with Crippen LogP contribution in [0.4, 0.5) is 0 Å². The van der Waals surface area contributed by atoms with E-state index in [9.17, 15) is 0 Å². The zero-order valence-corrected chi connectivity index (χ0v) is 19.3. The lowest BCUT2D eigenvalue weighted by atomic mass is 10.1. The zero-order valence-electron chi connectivity index (χ0n) is 15.4. The highest BCUT2D eigenvalue weighted by Crippen LogP contribution is 2.25. The Morgan fingerprint density at radius 1 is 0.724 bits per heavy atom. The van der Waals surface area contributed by atoms with Gasteiger partial charge in [0.2, 0.25) is 0 Å². The van der Waals surface area contributed by atoms with Crippen LogP contribution in [0.2, 0.25) is 20.1 Å². The molecule has 0 spiro atoms. The van der Waals surface area contributed by atoms with Crippen LogP contribution in [-0.4, -0.2) is 6.54 Å². The van der Waals surface area contributed by atoms with Crippen LogP contribution in [0.15, 0.2) is 60.7 Å². The van der Waals surface area contributed by atoms with E-state index in [1.54, 1.807) is 6.07 Å². The summed E-state index contributed by atoms with van der Waals surface area (Å²) in [5.74, 6) is 0.779. The van der Waals surface area contributed by atoms with Crippen molar-refractivity contribution in [2.75, 3.05) is 6.54 Å². The summed E-state index contributed by atoms with van der Waals surface area (Å²) in [6.07, 6.45) is 0.798.